The molecule has 0 saturated carbocycles. The molecule has 6 nitrogen and oxygen atoms in total. The van der Waals surface area contributed by atoms with Crippen LogP contribution in [-0.2, 0) is 16.4 Å². The van der Waals surface area contributed by atoms with E-state index in [0.29, 0.717) is 12.1 Å². The lowest BCUT2D eigenvalue weighted by Crippen LogP contribution is -2.35. The van der Waals surface area contributed by atoms with E-state index in [9.17, 15) is 18.3 Å². The molecule has 0 aliphatic heterocycles. The van der Waals surface area contributed by atoms with Gasteiger partial charge in [-0.1, -0.05) is 18.2 Å². The molecule has 8 heteroatoms. The first kappa shape index (κ1) is 17.6. The maximum Gasteiger partial charge on any atom is 0.251 e. The van der Waals surface area contributed by atoms with Crippen molar-refractivity contribution in [2.75, 3.05) is 12.3 Å². The Bertz CT molecular complexity index is 740. The smallest absolute Gasteiger partial charge is 0.251 e. The average molecular weight is 354 g/mol. The zero-order valence-corrected chi connectivity index (χ0v) is 13.9. The van der Waals surface area contributed by atoms with Crippen LogP contribution in [0.4, 0.5) is 0 Å². The van der Waals surface area contributed by atoms with Crippen molar-refractivity contribution in [3.8, 4) is 0 Å². The van der Waals surface area contributed by atoms with Crippen molar-refractivity contribution in [1.29, 1.82) is 0 Å². The summed E-state index contributed by atoms with van der Waals surface area (Å²) < 4.78 is 24.2. The summed E-state index contributed by atoms with van der Waals surface area (Å²) >= 11 is 1.10. The van der Waals surface area contributed by atoms with Crippen molar-refractivity contribution in [2.45, 2.75) is 16.9 Å². The third kappa shape index (κ3) is 4.87. The van der Waals surface area contributed by atoms with Gasteiger partial charge in [0.15, 0.2) is 9.84 Å². The standard InChI is InChI=1S/C15H18N2O4S2/c16-8-11-3-5-12(6-4-11)15(19)17-9-13(18)10-23(20,21)14-2-1-7-22-14/h1-7,13,18H,8-10,16H2,(H,17,19). The third-order valence-corrected chi connectivity index (χ3v) is 6.45. The molecule has 1 heterocycles. The van der Waals surface area contributed by atoms with Crippen LogP contribution in [0.5, 0.6) is 0 Å². The van der Waals surface area contributed by atoms with E-state index in [1.54, 1.807) is 35.7 Å². The van der Waals surface area contributed by atoms with E-state index < -0.39 is 21.7 Å². The number of rotatable bonds is 7. The van der Waals surface area contributed by atoms with Crippen molar-refractivity contribution in [2.24, 2.45) is 5.73 Å². The van der Waals surface area contributed by atoms with Crippen LogP contribution in [0.25, 0.3) is 0 Å². The molecule has 1 amide bonds. The van der Waals surface area contributed by atoms with Gasteiger partial charge in [-0.2, -0.15) is 0 Å². The number of thiophene rings is 1. The molecule has 4 N–H and O–H groups in total. The third-order valence-electron chi connectivity index (χ3n) is 3.16. The summed E-state index contributed by atoms with van der Waals surface area (Å²) in [6, 6.07) is 9.87. The molecule has 2 rings (SSSR count). The first-order chi connectivity index (χ1) is 10.9. The second-order valence-electron chi connectivity index (χ2n) is 4.98. The number of nitrogens with one attached hydrogen (secondary N) is 1. The molecule has 1 aromatic heterocycles. The van der Waals surface area contributed by atoms with Gasteiger partial charge in [-0.3, -0.25) is 4.79 Å². The van der Waals surface area contributed by atoms with E-state index in [1.807, 2.05) is 0 Å². The minimum Gasteiger partial charge on any atom is -0.390 e. The highest BCUT2D eigenvalue weighted by Gasteiger charge is 2.21. The van der Waals surface area contributed by atoms with Gasteiger partial charge >= 0.3 is 0 Å². The van der Waals surface area contributed by atoms with Crippen molar-refractivity contribution in [3.63, 3.8) is 0 Å². The number of hydrogen-bond donors (Lipinski definition) is 3. The highest BCUT2D eigenvalue weighted by Crippen LogP contribution is 2.18. The maximum atomic E-state index is 12.0. The average Bonchev–Trinajstić information content (AvgIpc) is 3.07. The number of aliphatic hydroxyl groups is 1. The van der Waals surface area contributed by atoms with Crippen LogP contribution in [0.2, 0.25) is 0 Å². The van der Waals surface area contributed by atoms with Gasteiger partial charge in [-0.15, -0.1) is 11.3 Å². The summed E-state index contributed by atoms with van der Waals surface area (Å²) in [5, 5.41) is 14.0. The van der Waals surface area contributed by atoms with Crippen molar-refractivity contribution >= 4 is 27.1 Å². The molecule has 0 bridgehead atoms. The lowest BCUT2D eigenvalue weighted by Gasteiger charge is -2.12. The Kier molecular flexibility index (Phi) is 5.89. The van der Waals surface area contributed by atoms with Crippen molar-refractivity contribution < 1.29 is 18.3 Å². The number of carbonyl (C=O) groups is 1. The fourth-order valence-electron chi connectivity index (χ4n) is 1.94. The van der Waals surface area contributed by atoms with Gasteiger partial charge in [0.25, 0.3) is 5.91 Å². The van der Waals surface area contributed by atoms with Crippen LogP contribution in [0, 0.1) is 0 Å². The Labute approximate surface area is 138 Å². The van der Waals surface area contributed by atoms with Gasteiger partial charge in [0.05, 0.1) is 11.9 Å². The summed E-state index contributed by atoms with van der Waals surface area (Å²) in [6.07, 6.45) is -1.17. The molecule has 0 aliphatic carbocycles. The van der Waals surface area contributed by atoms with Crippen LogP contribution >= 0.6 is 11.3 Å². The van der Waals surface area contributed by atoms with Gasteiger partial charge in [0.1, 0.15) is 4.21 Å². The molecule has 2 aromatic rings. The Morgan fingerprint density at radius 2 is 1.96 bits per heavy atom. The van der Waals surface area contributed by atoms with E-state index >= 15 is 0 Å². The molecule has 1 unspecified atom stereocenters. The monoisotopic (exact) mass is 354 g/mol. The maximum absolute atomic E-state index is 12.0. The van der Waals surface area contributed by atoms with Gasteiger partial charge in [-0.05, 0) is 29.1 Å². The fourth-order valence-corrected chi connectivity index (χ4v) is 4.42. The first-order valence-electron chi connectivity index (χ1n) is 6.94. The second kappa shape index (κ2) is 7.69. The quantitative estimate of drug-likeness (QED) is 0.680. The zero-order chi connectivity index (χ0) is 16.9. The molecular weight excluding hydrogens is 336 g/mol. The zero-order valence-electron chi connectivity index (χ0n) is 12.3. The molecule has 0 radical (unpaired) electrons. The van der Waals surface area contributed by atoms with Crippen LogP contribution < -0.4 is 11.1 Å². The predicted molar refractivity (Wildman–Crippen MR) is 89.0 cm³/mol. The summed E-state index contributed by atoms with van der Waals surface area (Å²) in [5.74, 6) is -0.805. The summed E-state index contributed by atoms with van der Waals surface area (Å²) in [4.78, 5) is 11.9. The van der Waals surface area contributed by atoms with Crippen molar-refractivity contribution in [3.05, 3.63) is 52.9 Å². The lowest BCUT2D eigenvalue weighted by molar-refractivity contribution is 0.0925. The van der Waals surface area contributed by atoms with Crippen LogP contribution in [0.1, 0.15) is 15.9 Å². The van der Waals surface area contributed by atoms with E-state index in [0.717, 1.165) is 16.9 Å². The minimum atomic E-state index is -3.53. The Morgan fingerprint density at radius 3 is 2.52 bits per heavy atom. The number of aliphatic hydroxyl groups excluding tert-OH is 1. The Balaban J connectivity index is 1.88. The number of carbonyl (C=O) groups excluding carboxylic acids is 1. The molecule has 1 atom stereocenters. The molecule has 1 aromatic carbocycles. The van der Waals surface area contributed by atoms with Crippen LogP contribution in [-0.4, -0.2) is 37.8 Å². The van der Waals surface area contributed by atoms with E-state index in [-0.39, 0.29) is 16.7 Å². The predicted octanol–water partition coefficient (Wildman–Crippen LogP) is 0.771. The first-order valence-corrected chi connectivity index (χ1v) is 9.47. The van der Waals surface area contributed by atoms with E-state index in [4.69, 9.17) is 5.73 Å². The van der Waals surface area contributed by atoms with Gasteiger partial charge in [-0.25, -0.2) is 8.42 Å². The molecule has 23 heavy (non-hydrogen) atoms. The lowest BCUT2D eigenvalue weighted by atomic mass is 10.1. The van der Waals surface area contributed by atoms with Crippen LogP contribution in [0.3, 0.4) is 0 Å². The van der Waals surface area contributed by atoms with Gasteiger partial charge in [0, 0.05) is 18.7 Å². The topological polar surface area (TPSA) is 109 Å². The molecule has 0 aliphatic rings. The van der Waals surface area contributed by atoms with Gasteiger partial charge < -0.3 is 16.2 Å². The summed E-state index contributed by atoms with van der Waals surface area (Å²) in [6.45, 7) is 0.253. The molecule has 124 valence electrons. The molecule has 0 fully saturated rings. The fraction of sp³-hybridized carbons (Fsp3) is 0.267. The van der Waals surface area contributed by atoms with E-state index in [2.05, 4.69) is 5.32 Å². The highest BCUT2D eigenvalue weighted by molar-refractivity contribution is 7.93. The number of benzene rings is 1. The summed E-state index contributed by atoms with van der Waals surface area (Å²) in [5.41, 5.74) is 6.82. The number of sulfone groups is 1. The molecule has 0 saturated heterocycles. The van der Waals surface area contributed by atoms with Gasteiger partial charge in [0.2, 0.25) is 0 Å². The molecular formula is C15H18N2O4S2. The summed E-state index contributed by atoms with van der Waals surface area (Å²) in [7, 11) is -3.53. The highest BCUT2D eigenvalue weighted by atomic mass is 32.2. The SMILES string of the molecule is NCc1ccc(C(=O)NCC(O)CS(=O)(=O)c2cccs2)cc1. The largest absolute Gasteiger partial charge is 0.390 e. The van der Waals surface area contributed by atoms with Crippen LogP contribution in [0.15, 0.2) is 46.0 Å². The second-order valence-corrected chi connectivity index (χ2v) is 8.19. The molecule has 0 spiro atoms. The number of nitrogens with two attached hydrogens (primary N) is 1. The van der Waals surface area contributed by atoms with Crippen molar-refractivity contribution in [1.82, 2.24) is 5.32 Å². The number of hydrogen-bond acceptors (Lipinski definition) is 6. The Morgan fingerprint density at radius 1 is 1.26 bits per heavy atom. The normalized spacial score (nSPS) is 12.8. The number of amides is 1. The minimum absolute atomic E-state index is 0.137. The Hall–Kier alpha value is -1.74. The van der Waals surface area contributed by atoms with E-state index in [1.165, 1.54) is 6.07 Å².